The zero-order chi connectivity index (χ0) is 8.97. The highest BCUT2D eigenvalue weighted by Gasteiger charge is 2.07. The van der Waals surface area contributed by atoms with Crippen molar-refractivity contribution in [3.05, 3.63) is 23.4 Å². The van der Waals surface area contributed by atoms with E-state index in [0.29, 0.717) is 0 Å². The molecule has 0 N–H and O–H groups in total. The van der Waals surface area contributed by atoms with Gasteiger partial charge in [-0.15, -0.1) is 0 Å². The van der Waals surface area contributed by atoms with Gasteiger partial charge in [0.2, 0.25) is 0 Å². The average molecular weight is 187 g/mol. The van der Waals surface area contributed by atoms with Crippen molar-refractivity contribution in [2.24, 2.45) is 0 Å². The van der Waals surface area contributed by atoms with Crippen molar-refractivity contribution >= 4 is 11.6 Å². The van der Waals surface area contributed by atoms with Crippen molar-refractivity contribution in [1.29, 1.82) is 0 Å². The minimum absolute atomic E-state index is 0.847. The highest BCUT2D eigenvalue weighted by atomic mass is 35.5. The molecule has 0 saturated carbocycles. The topological polar surface area (TPSA) is 6.48 Å². The van der Waals surface area contributed by atoms with E-state index in [9.17, 15) is 0 Å². The molecular weight excluding hydrogens is 172 g/mol. The Bertz CT molecular complexity index is 197. The lowest BCUT2D eigenvalue weighted by Crippen LogP contribution is -2.30. The molecule has 0 aromatic heterocycles. The Morgan fingerprint density at radius 1 is 1.58 bits per heavy atom. The molecule has 0 spiro atoms. The van der Waals surface area contributed by atoms with E-state index >= 15 is 0 Å². The zero-order valence-corrected chi connectivity index (χ0v) is 8.38. The highest BCUT2D eigenvalue weighted by molar-refractivity contribution is 6.29. The van der Waals surface area contributed by atoms with Gasteiger partial charge in [-0.2, -0.15) is 0 Å². The molecule has 68 valence electrons. The molecule has 1 aliphatic rings. The number of allylic oxidation sites excluding steroid dienone is 2. The fourth-order valence-corrected chi connectivity index (χ4v) is 1.27. The molecule has 3 heteroatoms. The van der Waals surface area contributed by atoms with Crippen LogP contribution in [0.25, 0.3) is 0 Å². The second-order valence-electron chi connectivity index (χ2n) is 3.17. The average Bonchev–Trinajstić information content (AvgIpc) is 2.03. The first-order valence-corrected chi connectivity index (χ1v) is 4.50. The summed E-state index contributed by atoms with van der Waals surface area (Å²) in [6.45, 7) is 2.97. The number of likely N-dealkylation sites (N-methyl/N-ethyl adjacent to an activating group) is 1. The van der Waals surface area contributed by atoms with Gasteiger partial charge in [-0.05, 0) is 20.2 Å². The van der Waals surface area contributed by atoms with E-state index in [1.165, 1.54) is 0 Å². The largest absolute Gasteiger partial charge is 0.357 e. The summed E-state index contributed by atoms with van der Waals surface area (Å²) in [6.07, 6.45) is 6.04. The number of rotatable bonds is 3. The van der Waals surface area contributed by atoms with Crippen molar-refractivity contribution in [3.63, 3.8) is 0 Å². The van der Waals surface area contributed by atoms with Crippen LogP contribution in [0.5, 0.6) is 0 Å². The molecule has 1 rings (SSSR count). The number of hydrogen-bond acceptors (Lipinski definition) is 2. The van der Waals surface area contributed by atoms with E-state index in [1.807, 2.05) is 12.2 Å². The molecular formula is C9H15ClN2. The van der Waals surface area contributed by atoms with Gasteiger partial charge < -0.3 is 9.80 Å². The smallest absolute Gasteiger partial charge is 0.105 e. The molecule has 0 aromatic rings. The van der Waals surface area contributed by atoms with Crippen molar-refractivity contribution in [3.8, 4) is 0 Å². The third kappa shape index (κ3) is 2.88. The van der Waals surface area contributed by atoms with Crippen LogP contribution in [0.1, 0.15) is 0 Å². The number of halogens is 1. The molecule has 0 aromatic carbocycles. The predicted octanol–water partition coefficient (Wildman–Crippen LogP) is 1.50. The number of hydrogen-bond donors (Lipinski definition) is 0. The Kier molecular flexibility index (Phi) is 3.63. The summed E-state index contributed by atoms with van der Waals surface area (Å²) in [4.78, 5) is 4.31. The molecule has 0 bridgehead atoms. The molecule has 0 fully saturated rings. The molecule has 2 nitrogen and oxygen atoms in total. The van der Waals surface area contributed by atoms with Crippen molar-refractivity contribution < 1.29 is 0 Å². The SMILES string of the molecule is CN(C)CCN1CC=CC=C1Cl. The molecule has 0 saturated heterocycles. The maximum Gasteiger partial charge on any atom is 0.105 e. The monoisotopic (exact) mass is 186 g/mol. The van der Waals surface area contributed by atoms with Gasteiger partial charge in [-0.3, -0.25) is 0 Å². The predicted molar refractivity (Wildman–Crippen MR) is 53.2 cm³/mol. The Morgan fingerprint density at radius 3 is 2.92 bits per heavy atom. The van der Waals surface area contributed by atoms with E-state index in [4.69, 9.17) is 11.6 Å². The van der Waals surface area contributed by atoms with Gasteiger partial charge in [-0.1, -0.05) is 23.8 Å². The van der Waals surface area contributed by atoms with Crippen LogP contribution in [0.15, 0.2) is 23.4 Å². The van der Waals surface area contributed by atoms with Gasteiger partial charge in [-0.25, -0.2) is 0 Å². The lowest BCUT2D eigenvalue weighted by Gasteiger charge is -2.25. The normalized spacial score (nSPS) is 17.0. The summed E-state index contributed by atoms with van der Waals surface area (Å²) in [6, 6.07) is 0. The van der Waals surface area contributed by atoms with Gasteiger partial charge in [0.1, 0.15) is 5.16 Å². The van der Waals surface area contributed by atoms with Crippen LogP contribution >= 0.6 is 11.6 Å². The van der Waals surface area contributed by atoms with Crippen LogP contribution in [0.4, 0.5) is 0 Å². The Morgan fingerprint density at radius 2 is 2.33 bits per heavy atom. The fourth-order valence-electron chi connectivity index (χ4n) is 1.05. The van der Waals surface area contributed by atoms with Crippen LogP contribution in [-0.4, -0.2) is 43.5 Å². The van der Waals surface area contributed by atoms with Crippen molar-refractivity contribution in [2.45, 2.75) is 0 Å². The summed E-state index contributed by atoms with van der Waals surface area (Å²) < 4.78 is 0. The zero-order valence-electron chi connectivity index (χ0n) is 7.63. The van der Waals surface area contributed by atoms with Gasteiger partial charge >= 0.3 is 0 Å². The maximum atomic E-state index is 5.98. The van der Waals surface area contributed by atoms with Crippen molar-refractivity contribution in [1.82, 2.24) is 9.80 Å². The minimum atomic E-state index is 0.847. The molecule has 0 amide bonds. The molecule has 0 unspecified atom stereocenters. The van der Waals surface area contributed by atoms with E-state index < -0.39 is 0 Å². The summed E-state index contributed by atoms with van der Waals surface area (Å²) in [5.74, 6) is 0. The first kappa shape index (κ1) is 9.62. The molecule has 1 aliphatic heterocycles. The van der Waals surface area contributed by atoms with Crippen LogP contribution in [0.2, 0.25) is 0 Å². The Balaban J connectivity index is 2.33. The van der Waals surface area contributed by atoms with Crippen LogP contribution < -0.4 is 0 Å². The third-order valence-corrected chi connectivity index (χ3v) is 2.18. The van der Waals surface area contributed by atoms with E-state index in [2.05, 4.69) is 30.0 Å². The molecule has 0 radical (unpaired) electrons. The molecule has 0 atom stereocenters. The summed E-state index contributed by atoms with van der Waals surface area (Å²) in [7, 11) is 4.13. The van der Waals surface area contributed by atoms with Gasteiger partial charge in [0.05, 0.1) is 0 Å². The summed E-state index contributed by atoms with van der Waals surface area (Å²) in [5.41, 5.74) is 0. The highest BCUT2D eigenvalue weighted by Crippen LogP contribution is 2.12. The second kappa shape index (κ2) is 4.53. The Labute approximate surface area is 79.1 Å². The molecule has 1 heterocycles. The molecule has 12 heavy (non-hydrogen) atoms. The second-order valence-corrected chi connectivity index (χ2v) is 3.55. The van der Waals surface area contributed by atoms with Gasteiger partial charge in [0.25, 0.3) is 0 Å². The van der Waals surface area contributed by atoms with Crippen LogP contribution in [0.3, 0.4) is 0 Å². The first-order chi connectivity index (χ1) is 5.70. The summed E-state index contributed by atoms with van der Waals surface area (Å²) >= 11 is 5.98. The van der Waals surface area contributed by atoms with Crippen molar-refractivity contribution in [2.75, 3.05) is 33.7 Å². The first-order valence-electron chi connectivity index (χ1n) is 4.12. The number of nitrogens with zero attached hydrogens (tertiary/aromatic N) is 2. The lowest BCUT2D eigenvalue weighted by molar-refractivity contribution is 0.317. The standard InChI is InChI=1S/C9H15ClN2/c1-11(2)7-8-12-6-4-3-5-9(12)10/h3-5H,6-8H2,1-2H3. The van der Waals surface area contributed by atoms with Crippen LogP contribution in [0, 0.1) is 0 Å². The lowest BCUT2D eigenvalue weighted by atomic mass is 10.3. The minimum Gasteiger partial charge on any atom is -0.357 e. The molecule has 0 aliphatic carbocycles. The van der Waals surface area contributed by atoms with E-state index in [-0.39, 0.29) is 0 Å². The third-order valence-electron chi connectivity index (χ3n) is 1.81. The quantitative estimate of drug-likeness (QED) is 0.617. The Hall–Kier alpha value is -0.470. The van der Waals surface area contributed by atoms with Gasteiger partial charge in [0, 0.05) is 19.6 Å². The summed E-state index contributed by atoms with van der Waals surface area (Å²) in [5, 5.41) is 0.847. The fraction of sp³-hybridized carbons (Fsp3) is 0.556. The van der Waals surface area contributed by atoms with Crippen LogP contribution in [-0.2, 0) is 0 Å². The van der Waals surface area contributed by atoms with Gasteiger partial charge in [0.15, 0.2) is 0 Å². The maximum absolute atomic E-state index is 5.98. The van der Waals surface area contributed by atoms with E-state index in [0.717, 1.165) is 24.8 Å². The van der Waals surface area contributed by atoms with E-state index in [1.54, 1.807) is 0 Å².